The van der Waals surface area contributed by atoms with Gasteiger partial charge in [-0.2, -0.15) is 0 Å². The van der Waals surface area contributed by atoms with Gasteiger partial charge in [-0.25, -0.2) is 0 Å². The Labute approximate surface area is 173 Å². The van der Waals surface area contributed by atoms with Crippen LogP contribution in [0.3, 0.4) is 0 Å². The summed E-state index contributed by atoms with van der Waals surface area (Å²) in [7, 11) is 0. The van der Waals surface area contributed by atoms with Gasteiger partial charge in [-0.15, -0.1) is 0 Å². The molecule has 0 radical (unpaired) electrons. The van der Waals surface area contributed by atoms with Gasteiger partial charge in [0.05, 0.1) is 0 Å². The third kappa shape index (κ3) is 7.13. The molecule has 24 heavy (non-hydrogen) atoms. The zero-order chi connectivity index (χ0) is 15.0. The van der Waals surface area contributed by atoms with Crippen LogP contribution in [0.5, 0.6) is 0 Å². The van der Waals surface area contributed by atoms with E-state index in [0.717, 1.165) is 0 Å². The molecule has 0 aliphatic carbocycles. The van der Waals surface area contributed by atoms with E-state index in [1.54, 1.807) is 0 Å². The quantitative estimate of drug-likeness (QED) is 0.337. The van der Waals surface area contributed by atoms with Gasteiger partial charge >= 0.3 is 141 Å². The van der Waals surface area contributed by atoms with E-state index in [2.05, 4.69) is 91.0 Å². The summed E-state index contributed by atoms with van der Waals surface area (Å²) in [6.07, 6.45) is 0. The van der Waals surface area contributed by atoms with Crippen LogP contribution in [0.25, 0.3) is 0 Å². The van der Waals surface area contributed by atoms with E-state index in [1.807, 2.05) is 0 Å². The first kappa shape index (κ1) is 21.5. The van der Waals surface area contributed by atoms with E-state index < -0.39 is 20.2 Å². The molecule has 0 saturated carbocycles. The standard InChI is InChI=1S/3C7H7.2BrH.Sb/c3*1-7-5-3-2-4-6-7;;;/h3*2-6H,1H2;2*1H;/p-2. The SMILES string of the molecule is [Br-].[Br-].c1ccc([CH2][Sb]([CH2]c2ccccc2)[CH2]c2ccccc2)cc1. The summed E-state index contributed by atoms with van der Waals surface area (Å²) in [5.41, 5.74) is 4.53. The van der Waals surface area contributed by atoms with Crippen molar-refractivity contribution in [1.82, 2.24) is 0 Å². The van der Waals surface area contributed by atoms with E-state index >= 15 is 0 Å². The van der Waals surface area contributed by atoms with Crippen LogP contribution in [0, 0.1) is 0 Å². The number of halogens is 2. The van der Waals surface area contributed by atoms with Crippen molar-refractivity contribution in [2.24, 2.45) is 0 Å². The molecule has 3 aromatic carbocycles. The molecule has 0 spiro atoms. The Morgan fingerprint density at radius 2 is 0.667 bits per heavy atom. The van der Waals surface area contributed by atoms with Crippen molar-refractivity contribution in [3.8, 4) is 0 Å². The van der Waals surface area contributed by atoms with Gasteiger partial charge in [-0.05, 0) is 0 Å². The second kappa shape index (κ2) is 11.9. The molecule has 3 aromatic rings. The normalized spacial score (nSPS) is 9.88. The van der Waals surface area contributed by atoms with Crippen LogP contribution in [0.15, 0.2) is 91.0 Å². The molecular formula is C21H21Br2Sb-2. The molecule has 0 aliphatic rings. The number of hydrogen-bond acceptors (Lipinski definition) is 0. The first-order valence-corrected chi connectivity index (χ1v) is 13.2. The molecule has 0 bridgehead atoms. The van der Waals surface area contributed by atoms with E-state index in [1.165, 1.54) is 29.8 Å². The maximum absolute atomic E-state index is 2.28. The molecule has 0 unspecified atom stereocenters. The maximum atomic E-state index is 2.28. The third-order valence-electron chi connectivity index (χ3n) is 3.75. The Morgan fingerprint density at radius 3 is 0.917 bits per heavy atom. The second-order valence-electron chi connectivity index (χ2n) is 5.60. The summed E-state index contributed by atoms with van der Waals surface area (Å²) in [5, 5.41) is 0. The second-order valence-corrected chi connectivity index (χ2v) is 12.1. The molecule has 0 saturated heterocycles. The topological polar surface area (TPSA) is 0 Å². The Morgan fingerprint density at radius 1 is 0.417 bits per heavy atom. The van der Waals surface area contributed by atoms with Crippen molar-refractivity contribution in [2.75, 3.05) is 0 Å². The molecule has 3 rings (SSSR count). The molecule has 3 heteroatoms. The van der Waals surface area contributed by atoms with E-state index in [0.29, 0.717) is 0 Å². The Kier molecular flexibility index (Phi) is 10.7. The molecule has 0 amide bonds. The molecule has 126 valence electrons. The average molecular weight is 555 g/mol. The van der Waals surface area contributed by atoms with Crippen molar-refractivity contribution in [3.63, 3.8) is 0 Å². The third-order valence-corrected chi connectivity index (χ3v) is 10.7. The summed E-state index contributed by atoms with van der Waals surface area (Å²) in [6, 6.07) is 33.0. The van der Waals surface area contributed by atoms with Crippen molar-refractivity contribution < 1.29 is 34.0 Å². The summed E-state index contributed by atoms with van der Waals surface area (Å²) >= 11 is -1.41. The number of rotatable bonds is 6. The fraction of sp³-hybridized carbons (Fsp3) is 0.143. The van der Waals surface area contributed by atoms with Gasteiger partial charge in [0.2, 0.25) is 0 Å². The van der Waals surface area contributed by atoms with Crippen LogP contribution >= 0.6 is 0 Å². The van der Waals surface area contributed by atoms with Gasteiger partial charge in [0.25, 0.3) is 0 Å². The minimum atomic E-state index is -1.41. The molecule has 0 heterocycles. The van der Waals surface area contributed by atoms with Gasteiger partial charge in [0, 0.05) is 0 Å². The van der Waals surface area contributed by atoms with E-state index in [9.17, 15) is 0 Å². The molecule has 0 aliphatic heterocycles. The van der Waals surface area contributed by atoms with Crippen molar-refractivity contribution in [3.05, 3.63) is 108 Å². The monoisotopic (exact) mass is 552 g/mol. The first-order chi connectivity index (χ1) is 10.9. The fourth-order valence-corrected chi connectivity index (χ4v) is 9.88. The first-order valence-electron chi connectivity index (χ1n) is 7.74. The zero-order valence-electron chi connectivity index (χ0n) is 13.5. The number of hydrogen-bond donors (Lipinski definition) is 0. The molecule has 0 atom stereocenters. The Bertz CT molecular complexity index is 573. The summed E-state index contributed by atoms with van der Waals surface area (Å²) in [4.78, 5) is 0. The van der Waals surface area contributed by atoms with Gasteiger partial charge in [0.15, 0.2) is 0 Å². The average Bonchev–Trinajstić information content (AvgIpc) is 2.57. The van der Waals surface area contributed by atoms with E-state index in [-0.39, 0.29) is 34.0 Å². The van der Waals surface area contributed by atoms with Crippen LogP contribution < -0.4 is 34.0 Å². The summed E-state index contributed by atoms with van der Waals surface area (Å²) < 4.78 is 3.94. The predicted molar refractivity (Wildman–Crippen MR) is 96.2 cm³/mol. The molecule has 0 aromatic heterocycles. The minimum absolute atomic E-state index is 0. The summed E-state index contributed by atoms with van der Waals surface area (Å²) in [6.45, 7) is 0. The van der Waals surface area contributed by atoms with Crippen molar-refractivity contribution >= 4 is 20.2 Å². The van der Waals surface area contributed by atoms with Gasteiger partial charge in [-0.1, -0.05) is 0 Å². The molecule has 0 fully saturated rings. The fourth-order valence-electron chi connectivity index (χ4n) is 2.69. The number of benzene rings is 3. The zero-order valence-corrected chi connectivity index (χ0v) is 19.2. The van der Waals surface area contributed by atoms with Crippen molar-refractivity contribution in [2.45, 2.75) is 13.1 Å². The summed E-state index contributed by atoms with van der Waals surface area (Å²) in [5.74, 6) is 0. The van der Waals surface area contributed by atoms with Gasteiger partial charge in [0.1, 0.15) is 0 Å². The van der Waals surface area contributed by atoms with Crippen LogP contribution in [-0.4, -0.2) is 20.2 Å². The van der Waals surface area contributed by atoms with E-state index in [4.69, 9.17) is 0 Å². The van der Waals surface area contributed by atoms with Crippen LogP contribution in [0.2, 0.25) is 0 Å². The molecule has 0 nitrogen and oxygen atoms in total. The van der Waals surface area contributed by atoms with Crippen molar-refractivity contribution in [1.29, 1.82) is 0 Å². The predicted octanol–water partition coefficient (Wildman–Crippen LogP) is -1.17. The molecular weight excluding hydrogens is 534 g/mol. The Hall–Kier alpha value is -0.562. The van der Waals surface area contributed by atoms with Crippen LogP contribution in [0.1, 0.15) is 16.7 Å². The van der Waals surface area contributed by atoms with Crippen LogP contribution in [-0.2, 0) is 13.1 Å². The molecule has 0 N–H and O–H groups in total. The van der Waals surface area contributed by atoms with Gasteiger partial charge < -0.3 is 34.0 Å². The van der Waals surface area contributed by atoms with Crippen LogP contribution in [0.4, 0.5) is 0 Å². The van der Waals surface area contributed by atoms with Gasteiger partial charge in [-0.3, -0.25) is 0 Å². The Balaban J connectivity index is 0.00000144.